The van der Waals surface area contributed by atoms with Crippen molar-refractivity contribution in [2.24, 2.45) is 0 Å². The standard InChI is InChI=1S/C15H27NO.C12H20O2/c1-4-6-7-8-9-10-11-12-13-15(17)16-14(3)5-2;1-3-4-5-6-7-8-9-10-11-12(13)14-2/h10-14H,4-9H2,1-3H3,(H,16,17);8-11H,3-7H2,1-2H3/b11-10+,13-12+;9-8+,11-10+. The second kappa shape index (κ2) is 25.9. The molecule has 31 heavy (non-hydrogen) atoms. The van der Waals surface area contributed by atoms with E-state index in [2.05, 4.69) is 43.0 Å². The average molecular weight is 434 g/mol. The van der Waals surface area contributed by atoms with Crippen LogP contribution in [0.3, 0.4) is 0 Å². The number of hydrogen-bond acceptors (Lipinski definition) is 3. The fraction of sp³-hybridized carbons (Fsp3) is 0.630. The van der Waals surface area contributed by atoms with E-state index < -0.39 is 0 Å². The molecule has 0 aromatic carbocycles. The molecule has 0 aliphatic heterocycles. The Labute approximate surface area is 191 Å². The number of allylic oxidation sites excluding steroid dienone is 6. The van der Waals surface area contributed by atoms with Gasteiger partial charge in [0, 0.05) is 18.2 Å². The summed E-state index contributed by atoms with van der Waals surface area (Å²) in [5.74, 6) is -0.310. The summed E-state index contributed by atoms with van der Waals surface area (Å²) in [5.41, 5.74) is 0. The summed E-state index contributed by atoms with van der Waals surface area (Å²) in [4.78, 5) is 22.0. The van der Waals surface area contributed by atoms with Gasteiger partial charge < -0.3 is 10.1 Å². The lowest BCUT2D eigenvalue weighted by atomic mass is 10.1. The minimum atomic E-state index is -0.305. The molecule has 0 bridgehead atoms. The maximum absolute atomic E-state index is 11.4. The van der Waals surface area contributed by atoms with Gasteiger partial charge in [0.15, 0.2) is 0 Å². The lowest BCUT2D eigenvalue weighted by Crippen LogP contribution is -2.30. The lowest BCUT2D eigenvalue weighted by Gasteiger charge is -2.07. The number of nitrogens with one attached hydrogen (secondary N) is 1. The second-order valence-corrected chi connectivity index (χ2v) is 7.61. The smallest absolute Gasteiger partial charge is 0.330 e. The van der Waals surface area contributed by atoms with Crippen LogP contribution in [-0.2, 0) is 14.3 Å². The predicted molar refractivity (Wildman–Crippen MR) is 134 cm³/mol. The molecule has 0 aliphatic rings. The molecule has 0 rings (SSSR count). The number of carbonyl (C=O) groups excluding carboxylic acids is 2. The molecule has 0 saturated carbocycles. The zero-order valence-electron chi connectivity index (χ0n) is 20.7. The Morgan fingerprint density at radius 1 is 0.774 bits per heavy atom. The minimum Gasteiger partial charge on any atom is -0.466 e. The highest BCUT2D eigenvalue weighted by atomic mass is 16.5. The van der Waals surface area contributed by atoms with Crippen LogP contribution in [0.5, 0.6) is 0 Å². The van der Waals surface area contributed by atoms with Gasteiger partial charge in [-0.15, -0.1) is 0 Å². The Bertz CT molecular complexity index is 533. The molecule has 0 radical (unpaired) electrons. The number of methoxy groups -OCH3 is 1. The first-order chi connectivity index (χ1) is 15.0. The highest BCUT2D eigenvalue weighted by molar-refractivity contribution is 5.87. The molecular weight excluding hydrogens is 386 g/mol. The van der Waals surface area contributed by atoms with Gasteiger partial charge in [-0.3, -0.25) is 4.79 Å². The number of carbonyl (C=O) groups is 2. The number of esters is 1. The summed E-state index contributed by atoms with van der Waals surface area (Å²) in [6.45, 7) is 8.49. The third-order valence-electron chi connectivity index (χ3n) is 4.63. The zero-order valence-corrected chi connectivity index (χ0v) is 20.7. The number of ether oxygens (including phenoxy) is 1. The van der Waals surface area contributed by atoms with Crippen LogP contribution >= 0.6 is 0 Å². The van der Waals surface area contributed by atoms with Gasteiger partial charge in [0.05, 0.1) is 7.11 Å². The monoisotopic (exact) mass is 433 g/mol. The van der Waals surface area contributed by atoms with Crippen LogP contribution in [0.15, 0.2) is 48.6 Å². The van der Waals surface area contributed by atoms with E-state index in [0.717, 1.165) is 19.3 Å². The molecule has 1 unspecified atom stereocenters. The molecule has 1 atom stereocenters. The van der Waals surface area contributed by atoms with Crippen LogP contribution in [0.2, 0.25) is 0 Å². The van der Waals surface area contributed by atoms with E-state index in [1.54, 1.807) is 12.2 Å². The van der Waals surface area contributed by atoms with E-state index in [1.165, 1.54) is 64.6 Å². The van der Waals surface area contributed by atoms with Crippen molar-refractivity contribution in [3.05, 3.63) is 48.6 Å². The third kappa shape index (κ3) is 27.9. The Hall–Kier alpha value is -2.10. The molecule has 0 spiro atoms. The highest BCUT2D eigenvalue weighted by Gasteiger charge is 1.99. The summed E-state index contributed by atoms with van der Waals surface area (Å²) in [6, 6.07) is 0.255. The zero-order chi connectivity index (χ0) is 23.6. The molecule has 4 nitrogen and oxygen atoms in total. The molecule has 1 amide bonds. The Balaban J connectivity index is 0. The minimum absolute atomic E-state index is 0.00465. The van der Waals surface area contributed by atoms with Crippen molar-refractivity contribution in [3.8, 4) is 0 Å². The van der Waals surface area contributed by atoms with Crippen molar-refractivity contribution < 1.29 is 14.3 Å². The fourth-order valence-corrected chi connectivity index (χ4v) is 2.47. The summed E-state index contributed by atoms with van der Waals surface area (Å²) in [6.07, 6.45) is 28.0. The van der Waals surface area contributed by atoms with Gasteiger partial charge in [-0.05, 0) is 39.0 Å². The van der Waals surface area contributed by atoms with Gasteiger partial charge in [-0.2, -0.15) is 0 Å². The van der Waals surface area contributed by atoms with Crippen LogP contribution < -0.4 is 5.32 Å². The first-order valence-electron chi connectivity index (χ1n) is 12.1. The summed E-state index contributed by atoms with van der Waals surface area (Å²) in [5, 5.41) is 2.89. The van der Waals surface area contributed by atoms with Crippen LogP contribution in [0, 0.1) is 0 Å². The second-order valence-electron chi connectivity index (χ2n) is 7.61. The number of unbranched alkanes of at least 4 members (excludes halogenated alkanes) is 8. The SMILES string of the molecule is CCCCCC/C=C/C=C/C(=O)NC(C)CC.CCCCCC/C=C/C=C/C(=O)OC. The molecule has 0 heterocycles. The lowest BCUT2D eigenvalue weighted by molar-refractivity contribution is -0.134. The maximum Gasteiger partial charge on any atom is 0.330 e. The number of rotatable bonds is 16. The van der Waals surface area contributed by atoms with E-state index in [1.807, 2.05) is 25.2 Å². The van der Waals surface area contributed by atoms with E-state index in [4.69, 9.17) is 0 Å². The molecule has 0 aromatic heterocycles. The average Bonchev–Trinajstić information content (AvgIpc) is 2.77. The van der Waals surface area contributed by atoms with Crippen LogP contribution in [0.25, 0.3) is 0 Å². The molecule has 0 aliphatic carbocycles. The molecule has 0 saturated heterocycles. The van der Waals surface area contributed by atoms with E-state index in [9.17, 15) is 9.59 Å². The van der Waals surface area contributed by atoms with Crippen molar-refractivity contribution in [2.45, 2.75) is 104 Å². The summed E-state index contributed by atoms with van der Waals surface area (Å²) >= 11 is 0. The quantitative estimate of drug-likeness (QED) is 0.121. The van der Waals surface area contributed by atoms with E-state index in [0.29, 0.717) is 0 Å². The summed E-state index contributed by atoms with van der Waals surface area (Å²) in [7, 11) is 1.38. The van der Waals surface area contributed by atoms with E-state index >= 15 is 0 Å². The highest BCUT2D eigenvalue weighted by Crippen LogP contribution is 2.03. The topological polar surface area (TPSA) is 55.4 Å². The number of amides is 1. The molecule has 0 fully saturated rings. The van der Waals surface area contributed by atoms with Crippen molar-refractivity contribution >= 4 is 11.9 Å². The van der Waals surface area contributed by atoms with Gasteiger partial charge in [0.2, 0.25) is 5.91 Å². The van der Waals surface area contributed by atoms with Crippen LogP contribution in [0.4, 0.5) is 0 Å². The van der Waals surface area contributed by atoms with Crippen molar-refractivity contribution in [3.63, 3.8) is 0 Å². The Morgan fingerprint density at radius 2 is 1.29 bits per heavy atom. The molecule has 178 valence electrons. The first kappa shape index (κ1) is 31.1. The van der Waals surface area contributed by atoms with Gasteiger partial charge in [0.1, 0.15) is 0 Å². The normalized spacial score (nSPS) is 12.4. The van der Waals surface area contributed by atoms with Crippen molar-refractivity contribution in [2.75, 3.05) is 7.11 Å². The van der Waals surface area contributed by atoms with Crippen molar-refractivity contribution in [1.82, 2.24) is 5.32 Å². The first-order valence-corrected chi connectivity index (χ1v) is 12.1. The Morgan fingerprint density at radius 3 is 1.74 bits per heavy atom. The van der Waals surface area contributed by atoms with Gasteiger partial charge in [-0.25, -0.2) is 4.79 Å². The molecular formula is C27H47NO3. The van der Waals surface area contributed by atoms with Crippen LogP contribution in [0.1, 0.15) is 98.3 Å². The third-order valence-corrected chi connectivity index (χ3v) is 4.63. The molecule has 4 heteroatoms. The molecule has 0 aromatic rings. The van der Waals surface area contributed by atoms with Gasteiger partial charge in [-0.1, -0.05) is 95.8 Å². The maximum atomic E-state index is 11.4. The fourth-order valence-electron chi connectivity index (χ4n) is 2.47. The Kier molecular flexibility index (Phi) is 26.0. The largest absolute Gasteiger partial charge is 0.466 e. The van der Waals surface area contributed by atoms with E-state index in [-0.39, 0.29) is 17.9 Å². The van der Waals surface area contributed by atoms with Gasteiger partial charge >= 0.3 is 5.97 Å². The molecule has 1 N–H and O–H groups in total. The van der Waals surface area contributed by atoms with Crippen molar-refractivity contribution in [1.29, 1.82) is 0 Å². The van der Waals surface area contributed by atoms with Gasteiger partial charge in [0.25, 0.3) is 0 Å². The summed E-state index contributed by atoms with van der Waals surface area (Å²) < 4.78 is 4.45. The van der Waals surface area contributed by atoms with Crippen LogP contribution in [-0.4, -0.2) is 25.0 Å². The number of hydrogen-bond donors (Lipinski definition) is 1. The predicted octanol–water partition coefficient (Wildman–Crippen LogP) is 7.23.